The summed E-state index contributed by atoms with van der Waals surface area (Å²) in [6.07, 6.45) is 8.58. The Bertz CT molecular complexity index is 788. The van der Waals surface area contributed by atoms with Crippen LogP contribution in [0.5, 0.6) is 5.75 Å². The van der Waals surface area contributed by atoms with E-state index in [0.717, 1.165) is 23.2 Å². The molecular weight excluding hydrogens is 398 g/mol. The number of rotatable bonds is 15. The van der Waals surface area contributed by atoms with E-state index >= 15 is 0 Å². The Morgan fingerprint density at radius 2 is 1.59 bits per heavy atom. The lowest BCUT2D eigenvalue weighted by Crippen LogP contribution is -2.40. The van der Waals surface area contributed by atoms with Gasteiger partial charge in [-0.1, -0.05) is 81.5 Å². The van der Waals surface area contributed by atoms with E-state index in [1.165, 1.54) is 49.7 Å². The van der Waals surface area contributed by atoms with Crippen LogP contribution in [-0.4, -0.2) is 37.4 Å². The van der Waals surface area contributed by atoms with Crippen LogP contribution in [0.4, 0.5) is 0 Å². The van der Waals surface area contributed by atoms with Gasteiger partial charge in [0.05, 0.1) is 27.1 Å². The second-order valence-corrected chi connectivity index (χ2v) is 9.39. The van der Waals surface area contributed by atoms with E-state index in [1.807, 2.05) is 30.3 Å². The third-order valence-corrected chi connectivity index (χ3v) is 5.69. The standard InChI is InChI=1S/C28H42NO3/c1-5-6-7-8-9-11-15-25-18-14-19-27(22-25)31-24(2)32-28(30)20-21-29(3,4)23-26-16-12-10-13-17-26/h10,12-14,16-19,22,24H,5-9,11,15,20-21,23H2,1-4H3/q+1. The predicted molar refractivity (Wildman–Crippen MR) is 131 cm³/mol. The average molecular weight is 441 g/mol. The number of nitrogens with zero attached hydrogens (tertiary/aromatic N) is 1. The molecule has 0 aliphatic carbocycles. The number of ether oxygens (including phenoxy) is 2. The summed E-state index contributed by atoms with van der Waals surface area (Å²) in [6, 6.07) is 18.5. The fourth-order valence-corrected chi connectivity index (χ4v) is 3.89. The fourth-order valence-electron chi connectivity index (χ4n) is 3.89. The summed E-state index contributed by atoms with van der Waals surface area (Å²) in [6.45, 7) is 5.62. The maximum atomic E-state index is 12.3. The Balaban J connectivity index is 1.71. The fraction of sp³-hybridized carbons (Fsp3) is 0.536. The van der Waals surface area contributed by atoms with Crippen molar-refractivity contribution in [2.24, 2.45) is 0 Å². The van der Waals surface area contributed by atoms with Crippen molar-refractivity contribution in [1.82, 2.24) is 0 Å². The zero-order valence-corrected chi connectivity index (χ0v) is 20.5. The Kier molecular flexibility index (Phi) is 11.3. The first-order chi connectivity index (χ1) is 15.4. The highest BCUT2D eigenvalue weighted by Gasteiger charge is 2.20. The number of hydrogen-bond donors (Lipinski definition) is 0. The van der Waals surface area contributed by atoms with Gasteiger partial charge in [-0.15, -0.1) is 0 Å². The van der Waals surface area contributed by atoms with Crippen molar-refractivity contribution in [3.05, 3.63) is 65.7 Å². The van der Waals surface area contributed by atoms with Crippen LogP contribution in [0.2, 0.25) is 0 Å². The molecule has 0 amide bonds. The van der Waals surface area contributed by atoms with Crippen LogP contribution in [0.1, 0.15) is 69.9 Å². The van der Waals surface area contributed by atoms with Crippen LogP contribution in [-0.2, 0) is 22.5 Å². The van der Waals surface area contributed by atoms with Crippen LogP contribution in [0.15, 0.2) is 54.6 Å². The highest BCUT2D eigenvalue weighted by atomic mass is 16.7. The van der Waals surface area contributed by atoms with Crippen molar-refractivity contribution in [3.8, 4) is 5.75 Å². The smallest absolute Gasteiger partial charge is 0.314 e. The second-order valence-electron chi connectivity index (χ2n) is 9.39. The maximum absolute atomic E-state index is 12.3. The zero-order chi connectivity index (χ0) is 23.2. The van der Waals surface area contributed by atoms with Crippen molar-refractivity contribution < 1.29 is 18.8 Å². The monoisotopic (exact) mass is 440 g/mol. The number of carbonyl (C=O) groups is 1. The van der Waals surface area contributed by atoms with Crippen molar-refractivity contribution >= 4 is 5.97 Å². The number of aryl methyl sites for hydroxylation is 1. The second kappa shape index (κ2) is 13.9. The molecule has 0 saturated carbocycles. The van der Waals surface area contributed by atoms with Crippen LogP contribution in [0, 0.1) is 0 Å². The average Bonchev–Trinajstić information content (AvgIpc) is 2.75. The highest BCUT2D eigenvalue weighted by molar-refractivity contribution is 5.69. The van der Waals surface area contributed by atoms with Gasteiger partial charge in [-0.05, 0) is 30.5 Å². The molecule has 1 unspecified atom stereocenters. The molecule has 0 aliphatic rings. The molecule has 0 aromatic heterocycles. The molecule has 0 fully saturated rings. The molecule has 2 aromatic rings. The molecule has 0 saturated heterocycles. The summed E-state index contributed by atoms with van der Waals surface area (Å²) in [5, 5.41) is 0. The molecule has 2 rings (SSSR count). The number of unbranched alkanes of at least 4 members (excludes halogenated alkanes) is 5. The first kappa shape index (κ1) is 25.9. The topological polar surface area (TPSA) is 35.5 Å². The summed E-state index contributed by atoms with van der Waals surface area (Å²) in [5.74, 6) is 0.536. The Morgan fingerprint density at radius 3 is 2.34 bits per heavy atom. The van der Waals surface area contributed by atoms with Gasteiger partial charge in [0.1, 0.15) is 12.3 Å². The van der Waals surface area contributed by atoms with Gasteiger partial charge >= 0.3 is 5.97 Å². The number of benzene rings is 2. The van der Waals surface area contributed by atoms with E-state index in [1.54, 1.807) is 6.92 Å². The Morgan fingerprint density at radius 1 is 0.906 bits per heavy atom. The Hall–Kier alpha value is -2.33. The van der Waals surface area contributed by atoms with Crippen molar-refractivity contribution in [2.45, 2.75) is 78.0 Å². The van der Waals surface area contributed by atoms with E-state index in [4.69, 9.17) is 9.47 Å². The number of hydrogen-bond acceptors (Lipinski definition) is 3. The first-order valence-corrected chi connectivity index (χ1v) is 12.2. The van der Waals surface area contributed by atoms with Gasteiger partial charge in [-0.25, -0.2) is 0 Å². The largest absolute Gasteiger partial charge is 0.455 e. The lowest BCUT2D eigenvalue weighted by atomic mass is 10.0. The highest BCUT2D eigenvalue weighted by Crippen LogP contribution is 2.18. The van der Waals surface area contributed by atoms with E-state index < -0.39 is 6.29 Å². The summed E-state index contributed by atoms with van der Waals surface area (Å²) < 4.78 is 12.1. The van der Waals surface area contributed by atoms with Crippen LogP contribution in [0.3, 0.4) is 0 Å². The molecule has 4 heteroatoms. The van der Waals surface area contributed by atoms with E-state index in [2.05, 4.69) is 45.3 Å². The third kappa shape index (κ3) is 10.8. The van der Waals surface area contributed by atoms with Gasteiger partial charge in [0.15, 0.2) is 0 Å². The van der Waals surface area contributed by atoms with E-state index in [0.29, 0.717) is 13.0 Å². The molecule has 0 radical (unpaired) electrons. The molecule has 176 valence electrons. The van der Waals surface area contributed by atoms with Gasteiger partial charge in [-0.2, -0.15) is 0 Å². The van der Waals surface area contributed by atoms with Crippen molar-refractivity contribution in [3.63, 3.8) is 0 Å². The molecule has 0 aliphatic heterocycles. The summed E-state index contributed by atoms with van der Waals surface area (Å²) >= 11 is 0. The summed E-state index contributed by atoms with van der Waals surface area (Å²) in [4.78, 5) is 12.3. The maximum Gasteiger partial charge on any atom is 0.314 e. The SMILES string of the molecule is CCCCCCCCc1cccc(OC(C)OC(=O)CC[N+](C)(C)Cc2ccccc2)c1. The normalized spacial score (nSPS) is 12.4. The molecule has 0 spiro atoms. The zero-order valence-electron chi connectivity index (χ0n) is 20.5. The van der Waals surface area contributed by atoms with E-state index in [9.17, 15) is 4.79 Å². The lowest BCUT2D eigenvalue weighted by Gasteiger charge is -2.29. The molecule has 2 aromatic carbocycles. The minimum Gasteiger partial charge on any atom is -0.455 e. The summed E-state index contributed by atoms with van der Waals surface area (Å²) in [5.41, 5.74) is 2.54. The molecular formula is C28H42NO3+. The summed E-state index contributed by atoms with van der Waals surface area (Å²) in [7, 11) is 4.27. The predicted octanol–water partition coefficient (Wildman–Crippen LogP) is 6.52. The third-order valence-electron chi connectivity index (χ3n) is 5.69. The van der Waals surface area contributed by atoms with E-state index in [-0.39, 0.29) is 5.97 Å². The van der Waals surface area contributed by atoms with Crippen LogP contribution in [0.25, 0.3) is 0 Å². The molecule has 1 atom stereocenters. The molecule has 0 N–H and O–H groups in total. The van der Waals surface area contributed by atoms with Crippen molar-refractivity contribution in [1.29, 1.82) is 0 Å². The van der Waals surface area contributed by atoms with Gasteiger partial charge in [0.2, 0.25) is 6.29 Å². The quantitative estimate of drug-likeness (QED) is 0.137. The molecule has 0 bridgehead atoms. The van der Waals surface area contributed by atoms with Crippen molar-refractivity contribution in [2.75, 3.05) is 20.6 Å². The van der Waals surface area contributed by atoms with Crippen LogP contribution >= 0.6 is 0 Å². The number of carbonyl (C=O) groups excluding carboxylic acids is 1. The lowest BCUT2D eigenvalue weighted by molar-refractivity contribution is -0.903. The molecule has 32 heavy (non-hydrogen) atoms. The van der Waals surface area contributed by atoms with Gasteiger partial charge in [-0.3, -0.25) is 4.79 Å². The minimum absolute atomic E-state index is 0.222. The first-order valence-electron chi connectivity index (χ1n) is 12.2. The minimum atomic E-state index is -0.600. The van der Waals surface area contributed by atoms with Gasteiger partial charge in [0.25, 0.3) is 0 Å². The number of esters is 1. The Labute approximate surface area is 195 Å². The molecule has 0 heterocycles. The number of quaternary nitrogens is 1. The van der Waals surface area contributed by atoms with Gasteiger partial charge < -0.3 is 14.0 Å². The molecule has 4 nitrogen and oxygen atoms in total. The van der Waals surface area contributed by atoms with Gasteiger partial charge in [0, 0.05) is 12.5 Å². The van der Waals surface area contributed by atoms with Crippen LogP contribution < -0.4 is 4.74 Å².